The van der Waals surface area contributed by atoms with Crippen LogP contribution in [0.5, 0.6) is 0 Å². The van der Waals surface area contributed by atoms with Crippen LogP contribution in [-0.4, -0.2) is 58.8 Å². The minimum atomic E-state index is 0.354. The number of hydrogen-bond donors (Lipinski definition) is 2. The second-order valence-electron chi connectivity index (χ2n) is 7.25. The van der Waals surface area contributed by atoms with Crippen molar-refractivity contribution in [1.82, 2.24) is 15.5 Å². The van der Waals surface area contributed by atoms with Gasteiger partial charge in [0, 0.05) is 38.7 Å². The van der Waals surface area contributed by atoms with Crippen molar-refractivity contribution in [3.63, 3.8) is 0 Å². The fourth-order valence-electron chi connectivity index (χ4n) is 3.66. The average Bonchev–Trinajstić information content (AvgIpc) is 3.28. The molecule has 0 aromatic carbocycles. The number of likely N-dealkylation sites (N-methyl/N-ethyl adjacent to an activating group) is 1. The summed E-state index contributed by atoms with van der Waals surface area (Å²) in [5.41, 5.74) is 0.363. The van der Waals surface area contributed by atoms with Crippen molar-refractivity contribution in [2.45, 2.75) is 38.1 Å². The van der Waals surface area contributed by atoms with Crippen LogP contribution in [0.2, 0.25) is 0 Å². The second kappa shape index (κ2) is 10.1. The Morgan fingerprint density at radius 2 is 2.12 bits per heavy atom. The first-order valence-electron chi connectivity index (χ1n) is 9.23. The fraction of sp³-hybridized carbons (Fsp3) is 0.737. The van der Waals surface area contributed by atoms with Gasteiger partial charge in [-0.25, -0.2) is 0 Å². The maximum absolute atomic E-state index is 5.33. The van der Waals surface area contributed by atoms with Gasteiger partial charge < -0.3 is 20.3 Å². The van der Waals surface area contributed by atoms with Crippen LogP contribution in [0, 0.1) is 5.41 Å². The number of ether oxygens (including phenoxy) is 1. The summed E-state index contributed by atoms with van der Waals surface area (Å²) in [6, 6.07) is 4.67. The van der Waals surface area contributed by atoms with Crippen molar-refractivity contribution < 1.29 is 4.74 Å². The summed E-state index contributed by atoms with van der Waals surface area (Å²) in [5.74, 6) is 0.895. The molecule has 5 nitrogen and oxygen atoms in total. The molecule has 1 heterocycles. The van der Waals surface area contributed by atoms with Gasteiger partial charge in [0.15, 0.2) is 5.96 Å². The van der Waals surface area contributed by atoms with Gasteiger partial charge in [-0.1, -0.05) is 18.9 Å². The van der Waals surface area contributed by atoms with Gasteiger partial charge in [0.05, 0.1) is 6.04 Å². The Kier molecular flexibility index (Phi) is 8.19. The van der Waals surface area contributed by atoms with Gasteiger partial charge in [-0.2, -0.15) is 0 Å². The molecule has 0 bridgehead atoms. The smallest absolute Gasteiger partial charge is 0.191 e. The lowest BCUT2D eigenvalue weighted by Gasteiger charge is -2.30. The van der Waals surface area contributed by atoms with Gasteiger partial charge in [-0.05, 0) is 50.2 Å². The summed E-state index contributed by atoms with van der Waals surface area (Å²) >= 11 is 1.80. The van der Waals surface area contributed by atoms with E-state index in [9.17, 15) is 0 Å². The van der Waals surface area contributed by atoms with Crippen LogP contribution in [0.1, 0.15) is 43.0 Å². The third-order valence-corrected chi connectivity index (χ3v) is 6.29. The van der Waals surface area contributed by atoms with E-state index in [1.54, 1.807) is 18.4 Å². The van der Waals surface area contributed by atoms with Crippen molar-refractivity contribution in [2.75, 3.05) is 47.9 Å². The van der Waals surface area contributed by atoms with Crippen LogP contribution < -0.4 is 10.6 Å². The van der Waals surface area contributed by atoms with Gasteiger partial charge in [-0.3, -0.25) is 4.99 Å². The van der Waals surface area contributed by atoms with Gasteiger partial charge >= 0.3 is 0 Å². The molecule has 1 aliphatic carbocycles. The zero-order valence-corrected chi connectivity index (χ0v) is 17.0. The minimum absolute atomic E-state index is 0.354. The van der Waals surface area contributed by atoms with E-state index in [-0.39, 0.29) is 0 Å². The Hall–Kier alpha value is -1.11. The lowest BCUT2D eigenvalue weighted by atomic mass is 9.83. The lowest BCUT2D eigenvalue weighted by molar-refractivity contribution is 0.138. The number of nitrogens with zero attached hydrogens (tertiary/aromatic N) is 2. The molecule has 1 aromatic rings. The Morgan fingerprint density at radius 3 is 2.68 bits per heavy atom. The van der Waals surface area contributed by atoms with Gasteiger partial charge in [0.25, 0.3) is 0 Å². The highest BCUT2D eigenvalue weighted by atomic mass is 32.1. The number of nitrogens with one attached hydrogen (secondary N) is 2. The van der Waals surface area contributed by atoms with Crippen LogP contribution in [0.25, 0.3) is 0 Å². The standard InChI is InChI=1S/C19H34N4OS/c1-20-18(21-14-16(23(2)3)17-8-7-13-25-17)22-15-19(11-12-24-4)9-5-6-10-19/h7-8,13,16H,5-6,9-12,14-15H2,1-4H3,(H2,20,21,22). The summed E-state index contributed by atoms with van der Waals surface area (Å²) in [6.45, 7) is 2.66. The molecule has 25 heavy (non-hydrogen) atoms. The molecule has 1 saturated carbocycles. The first-order valence-corrected chi connectivity index (χ1v) is 10.1. The van der Waals surface area contributed by atoms with Gasteiger partial charge in [0.1, 0.15) is 0 Å². The van der Waals surface area contributed by atoms with Crippen LogP contribution in [0.15, 0.2) is 22.5 Å². The molecule has 0 aliphatic heterocycles. The lowest BCUT2D eigenvalue weighted by Crippen LogP contribution is -2.45. The third-order valence-electron chi connectivity index (χ3n) is 5.31. The number of methoxy groups -OCH3 is 1. The number of thiophene rings is 1. The van der Waals surface area contributed by atoms with E-state index in [1.165, 1.54) is 30.6 Å². The van der Waals surface area contributed by atoms with E-state index < -0.39 is 0 Å². The van der Waals surface area contributed by atoms with Crippen molar-refractivity contribution in [1.29, 1.82) is 0 Å². The topological polar surface area (TPSA) is 48.9 Å². The molecule has 0 spiro atoms. The van der Waals surface area contributed by atoms with Crippen molar-refractivity contribution in [3.8, 4) is 0 Å². The molecule has 1 aliphatic rings. The number of aliphatic imine (C=N–C) groups is 1. The molecule has 0 amide bonds. The molecule has 2 rings (SSSR count). The maximum atomic E-state index is 5.33. The molecule has 1 aromatic heterocycles. The molecule has 1 atom stereocenters. The Morgan fingerprint density at radius 1 is 1.36 bits per heavy atom. The van der Waals surface area contributed by atoms with Gasteiger partial charge in [-0.15, -0.1) is 11.3 Å². The SMILES string of the molecule is CN=C(NCC(c1cccs1)N(C)C)NCC1(CCOC)CCCC1. The molecule has 6 heteroatoms. The van der Waals surface area contributed by atoms with E-state index in [2.05, 4.69) is 52.1 Å². The Labute approximate surface area is 156 Å². The second-order valence-corrected chi connectivity index (χ2v) is 8.23. The third kappa shape index (κ3) is 5.97. The number of guanidine groups is 1. The summed E-state index contributed by atoms with van der Waals surface area (Å²) in [4.78, 5) is 8.05. The summed E-state index contributed by atoms with van der Waals surface area (Å²) in [5, 5.41) is 9.22. The molecule has 1 fully saturated rings. The van der Waals surface area contributed by atoms with Gasteiger partial charge in [0.2, 0.25) is 0 Å². The molecule has 0 saturated heterocycles. The first-order chi connectivity index (χ1) is 12.1. The molecule has 142 valence electrons. The molecular weight excluding hydrogens is 332 g/mol. The van der Waals surface area contributed by atoms with Crippen molar-refractivity contribution in [3.05, 3.63) is 22.4 Å². The van der Waals surface area contributed by atoms with E-state index in [1.807, 2.05) is 7.05 Å². The van der Waals surface area contributed by atoms with E-state index >= 15 is 0 Å². The average molecular weight is 367 g/mol. The summed E-state index contributed by atoms with van der Waals surface area (Å²) in [7, 11) is 7.89. The minimum Gasteiger partial charge on any atom is -0.385 e. The van der Waals surface area contributed by atoms with Crippen LogP contribution in [0.3, 0.4) is 0 Å². The highest BCUT2D eigenvalue weighted by molar-refractivity contribution is 7.10. The Bertz CT molecular complexity index is 510. The van der Waals surface area contributed by atoms with Crippen molar-refractivity contribution >= 4 is 17.3 Å². The van der Waals surface area contributed by atoms with Crippen LogP contribution in [0.4, 0.5) is 0 Å². The highest BCUT2D eigenvalue weighted by Gasteiger charge is 2.33. The maximum Gasteiger partial charge on any atom is 0.191 e. The molecule has 0 radical (unpaired) electrons. The molecule has 2 N–H and O–H groups in total. The predicted octanol–water partition coefficient (Wildman–Crippen LogP) is 3.11. The Balaban J connectivity index is 1.87. The summed E-state index contributed by atoms with van der Waals surface area (Å²) in [6.07, 6.45) is 6.37. The zero-order valence-electron chi connectivity index (χ0n) is 16.2. The number of hydrogen-bond acceptors (Lipinski definition) is 4. The van der Waals surface area contributed by atoms with Crippen LogP contribution >= 0.6 is 11.3 Å². The molecule has 1 unspecified atom stereocenters. The summed E-state index contributed by atoms with van der Waals surface area (Å²) < 4.78 is 5.33. The fourth-order valence-corrected chi connectivity index (χ4v) is 4.59. The predicted molar refractivity (Wildman–Crippen MR) is 108 cm³/mol. The zero-order chi connectivity index (χ0) is 18.1. The monoisotopic (exact) mass is 366 g/mol. The normalized spacial score (nSPS) is 18.5. The van der Waals surface area contributed by atoms with E-state index in [0.29, 0.717) is 11.5 Å². The molecular formula is C19H34N4OS. The largest absolute Gasteiger partial charge is 0.385 e. The highest BCUT2D eigenvalue weighted by Crippen LogP contribution is 2.40. The van der Waals surface area contributed by atoms with Crippen LogP contribution in [-0.2, 0) is 4.74 Å². The van der Waals surface area contributed by atoms with E-state index in [4.69, 9.17) is 4.74 Å². The number of rotatable bonds is 9. The van der Waals surface area contributed by atoms with Crippen molar-refractivity contribution in [2.24, 2.45) is 10.4 Å². The first kappa shape index (κ1) is 20.2. The van der Waals surface area contributed by atoms with E-state index in [0.717, 1.165) is 32.1 Å². The quantitative estimate of drug-likeness (QED) is 0.521.